The quantitative estimate of drug-likeness (QED) is 0.815. The van der Waals surface area contributed by atoms with E-state index in [9.17, 15) is 4.39 Å². The van der Waals surface area contributed by atoms with E-state index >= 15 is 0 Å². The Morgan fingerprint density at radius 2 is 2.00 bits per heavy atom. The number of halogens is 1. The largest absolute Gasteiger partial charge is 0.459 e. The van der Waals surface area contributed by atoms with Crippen molar-refractivity contribution in [3.05, 3.63) is 47.5 Å². The van der Waals surface area contributed by atoms with Crippen LogP contribution in [0.1, 0.15) is 44.1 Å². The molecular formula is C17H22FNO. The average molecular weight is 275 g/mol. The molecule has 0 spiro atoms. The van der Waals surface area contributed by atoms with Gasteiger partial charge in [-0.05, 0) is 50.1 Å². The Labute approximate surface area is 120 Å². The van der Waals surface area contributed by atoms with Crippen LogP contribution in [0, 0.1) is 12.7 Å². The van der Waals surface area contributed by atoms with E-state index in [4.69, 9.17) is 4.42 Å². The lowest BCUT2D eigenvalue weighted by atomic mass is 10.1. The lowest BCUT2D eigenvalue weighted by Gasteiger charge is -2.13. The van der Waals surface area contributed by atoms with Gasteiger partial charge < -0.3 is 9.73 Å². The van der Waals surface area contributed by atoms with E-state index in [-0.39, 0.29) is 11.9 Å². The van der Waals surface area contributed by atoms with Gasteiger partial charge >= 0.3 is 0 Å². The second-order valence-corrected chi connectivity index (χ2v) is 5.05. The summed E-state index contributed by atoms with van der Waals surface area (Å²) in [6, 6.07) is 9.07. The summed E-state index contributed by atoms with van der Waals surface area (Å²) in [4.78, 5) is 0. The molecule has 20 heavy (non-hydrogen) atoms. The summed E-state index contributed by atoms with van der Waals surface area (Å²) in [5, 5.41) is 3.44. The molecule has 0 amide bonds. The number of nitrogens with one attached hydrogen (secondary N) is 1. The average Bonchev–Trinajstić information content (AvgIpc) is 2.89. The van der Waals surface area contributed by atoms with Gasteiger partial charge in [-0.3, -0.25) is 0 Å². The minimum Gasteiger partial charge on any atom is -0.459 e. The first-order chi connectivity index (χ1) is 9.67. The molecule has 1 heterocycles. The second kappa shape index (κ2) is 6.71. The van der Waals surface area contributed by atoms with Gasteiger partial charge in [-0.25, -0.2) is 4.39 Å². The molecule has 1 atom stereocenters. The topological polar surface area (TPSA) is 25.2 Å². The fourth-order valence-corrected chi connectivity index (χ4v) is 2.38. The Hall–Kier alpha value is -1.61. The lowest BCUT2D eigenvalue weighted by Crippen LogP contribution is -2.20. The highest BCUT2D eigenvalue weighted by Crippen LogP contribution is 2.30. The van der Waals surface area contributed by atoms with E-state index in [2.05, 4.69) is 19.2 Å². The molecule has 0 bridgehead atoms. The van der Waals surface area contributed by atoms with Crippen molar-refractivity contribution in [1.29, 1.82) is 0 Å². The lowest BCUT2D eigenvalue weighted by molar-refractivity contribution is 0.410. The maximum absolute atomic E-state index is 14.0. The zero-order valence-corrected chi connectivity index (χ0v) is 12.4. The summed E-state index contributed by atoms with van der Waals surface area (Å²) in [5.74, 6) is 1.24. The summed E-state index contributed by atoms with van der Waals surface area (Å²) in [5.41, 5.74) is 1.45. The van der Waals surface area contributed by atoms with Crippen molar-refractivity contribution in [2.24, 2.45) is 0 Å². The smallest absolute Gasteiger partial charge is 0.137 e. The Morgan fingerprint density at radius 1 is 1.20 bits per heavy atom. The van der Waals surface area contributed by atoms with Crippen LogP contribution in [-0.2, 0) is 0 Å². The van der Waals surface area contributed by atoms with Crippen molar-refractivity contribution in [2.45, 2.75) is 39.7 Å². The van der Waals surface area contributed by atoms with Crippen LogP contribution in [0.3, 0.4) is 0 Å². The molecule has 0 aliphatic heterocycles. The molecule has 2 rings (SSSR count). The molecular weight excluding hydrogens is 253 g/mol. The molecule has 0 aliphatic rings. The van der Waals surface area contributed by atoms with Crippen LogP contribution < -0.4 is 5.32 Å². The third kappa shape index (κ3) is 3.10. The molecule has 0 saturated carbocycles. The fourth-order valence-electron chi connectivity index (χ4n) is 2.38. The van der Waals surface area contributed by atoms with Crippen LogP contribution in [0.2, 0.25) is 0 Å². The Morgan fingerprint density at radius 3 is 2.65 bits per heavy atom. The van der Waals surface area contributed by atoms with Crippen molar-refractivity contribution in [2.75, 3.05) is 6.54 Å². The van der Waals surface area contributed by atoms with Crippen LogP contribution in [0.15, 0.2) is 34.7 Å². The number of hydrogen-bond acceptors (Lipinski definition) is 2. The van der Waals surface area contributed by atoms with Gasteiger partial charge in [0.15, 0.2) is 0 Å². The first-order valence-electron chi connectivity index (χ1n) is 7.26. The number of benzene rings is 1. The van der Waals surface area contributed by atoms with Crippen molar-refractivity contribution in [1.82, 2.24) is 5.32 Å². The zero-order valence-electron chi connectivity index (χ0n) is 12.4. The minimum atomic E-state index is -0.236. The maximum Gasteiger partial charge on any atom is 0.137 e. The van der Waals surface area contributed by atoms with Crippen molar-refractivity contribution < 1.29 is 8.81 Å². The normalized spacial score (nSPS) is 12.6. The van der Waals surface area contributed by atoms with Gasteiger partial charge in [0.1, 0.15) is 17.3 Å². The Balaban J connectivity index is 2.28. The van der Waals surface area contributed by atoms with E-state index in [1.54, 1.807) is 6.07 Å². The van der Waals surface area contributed by atoms with Crippen molar-refractivity contribution >= 4 is 0 Å². The van der Waals surface area contributed by atoms with Gasteiger partial charge in [0, 0.05) is 0 Å². The monoisotopic (exact) mass is 275 g/mol. The maximum atomic E-state index is 14.0. The summed E-state index contributed by atoms with van der Waals surface area (Å²) in [7, 11) is 0. The Kier molecular flexibility index (Phi) is 4.96. The van der Waals surface area contributed by atoms with E-state index in [0.29, 0.717) is 11.3 Å². The van der Waals surface area contributed by atoms with Crippen molar-refractivity contribution in [3.8, 4) is 11.3 Å². The molecule has 0 radical (unpaired) electrons. The molecule has 1 unspecified atom stereocenters. The van der Waals surface area contributed by atoms with Gasteiger partial charge in [0.2, 0.25) is 0 Å². The standard InChI is InChI=1S/C17H22FNO/c1-4-11-19-14(5-2)15-9-10-16(20-15)17-12(3)7-6-8-13(17)18/h6-10,14,19H,4-5,11H2,1-3H3. The number of rotatable bonds is 6. The number of aryl methyl sites for hydroxylation is 1. The van der Waals surface area contributed by atoms with E-state index in [0.717, 1.165) is 30.7 Å². The molecule has 3 heteroatoms. The molecule has 0 fully saturated rings. The van der Waals surface area contributed by atoms with E-state index in [1.165, 1.54) is 6.07 Å². The first-order valence-corrected chi connectivity index (χ1v) is 7.26. The van der Waals surface area contributed by atoms with Crippen LogP contribution in [-0.4, -0.2) is 6.54 Å². The summed E-state index contributed by atoms with van der Waals surface area (Å²) < 4.78 is 19.8. The molecule has 0 saturated heterocycles. The molecule has 0 aliphatic carbocycles. The molecule has 2 nitrogen and oxygen atoms in total. The van der Waals surface area contributed by atoms with Crippen LogP contribution in [0.25, 0.3) is 11.3 Å². The molecule has 1 aromatic carbocycles. The summed E-state index contributed by atoms with van der Waals surface area (Å²) >= 11 is 0. The predicted octanol–water partition coefficient (Wildman–Crippen LogP) is 4.84. The summed E-state index contributed by atoms with van der Waals surface area (Å²) in [6.45, 7) is 7.10. The van der Waals surface area contributed by atoms with Gasteiger partial charge in [-0.1, -0.05) is 26.0 Å². The van der Waals surface area contributed by atoms with Crippen LogP contribution >= 0.6 is 0 Å². The van der Waals surface area contributed by atoms with Gasteiger partial charge in [-0.2, -0.15) is 0 Å². The second-order valence-electron chi connectivity index (χ2n) is 5.05. The molecule has 2 aromatic rings. The van der Waals surface area contributed by atoms with Gasteiger partial charge in [0.05, 0.1) is 11.6 Å². The molecule has 108 valence electrons. The minimum absolute atomic E-state index is 0.191. The highest BCUT2D eigenvalue weighted by Gasteiger charge is 2.16. The highest BCUT2D eigenvalue weighted by atomic mass is 19.1. The third-order valence-electron chi connectivity index (χ3n) is 3.49. The SMILES string of the molecule is CCCNC(CC)c1ccc(-c2c(C)cccc2F)o1. The van der Waals surface area contributed by atoms with Crippen molar-refractivity contribution in [3.63, 3.8) is 0 Å². The highest BCUT2D eigenvalue weighted by molar-refractivity contribution is 5.62. The van der Waals surface area contributed by atoms with E-state index < -0.39 is 0 Å². The third-order valence-corrected chi connectivity index (χ3v) is 3.49. The van der Waals surface area contributed by atoms with Crippen LogP contribution in [0.4, 0.5) is 4.39 Å². The first kappa shape index (κ1) is 14.8. The number of hydrogen-bond donors (Lipinski definition) is 1. The Bertz CT molecular complexity index is 542. The molecule has 1 aromatic heterocycles. The van der Waals surface area contributed by atoms with E-state index in [1.807, 2.05) is 25.1 Å². The number of furan rings is 1. The summed E-state index contributed by atoms with van der Waals surface area (Å²) in [6.07, 6.45) is 2.03. The van der Waals surface area contributed by atoms with Crippen LogP contribution in [0.5, 0.6) is 0 Å². The zero-order chi connectivity index (χ0) is 14.5. The van der Waals surface area contributed by atoms with Gasteiger partial charge in [-0.15, -0.1) is 0 Å². The fraction of sp³-hybridized carbons (Fsp3) is 0.412. The predicted molar refractivity (Wildman–Crippen MR) is 80.2 cm³/mol. The van der Waals surface area contributed by atoms with Gasteiger partial charge in [0.25, 0.3) is 0 Å². The molecule has 1 N–H and O–H groups in total.